The normalized spacial score (nSPS) is 10.8. The van der Waals surface area contributed by atoms with Crippen molar-refractivity contribution < 1.29 is 9.53 Å². The third kappa shape index (κ3) is 4.28. The molecular weight excluding hydrogens is 376 g/mol. The first kappa shape index (κ1) is 19.1. The first-order valence-electron chi connectivity index (χ1n) is 9.42. The Kier molecular flexibility index (Phi) is 5.66. The van der Waals surface area contributed by atoms with E-state index in [1.165, 1.54) is 0 Å². The minimum atomic E-state index is -0.300. The molecule has 3 aromatic carbocycles. The Hall–Kier alpha value is -4.19. The number of amides is 1. The van der Waals surface area contributed by atoms with Gasteiger partial charge in [-0.3, -0.25) is 4.79 Å². The van der Waals surface area contributed by atoms with Crippen LogP contribution in [0.15, 0.2) is 96.2 Å². The van der Waals surface area contributed by atoms with Crippen LogP contribution in [0, 0.1) is 0 Å². The third-order valence-electron chi connectivity index (χ3n) is 4.53. The summed E-state index contributed by atoms with van der Waals surface area (Å²) in [7, 11) is 1.58. The highest BCUT2D eigenvalue weighted by Crippen LogP contribution is 2.22. The van der Waals surface area contributed by atoms with Crippen molar-refractivity contribution in [2.45, 2.75) is 0 Å². The highest BCUT2D eigenvalue weighted by Gasteiger charge is 2.11. The van der Waals surface area contributed by atoms with E-state index in [2.05, 4.69) is 10.5 Å². The van der Waals surface area contributed by atoms with Gasteiger partial charge < -0.3 is 4.74 Å². The van der Waals surface area contributed by atoms with Gasteiger partial charge in [0, 0.05) is 22.9 Å². The van der Waals surface area contributed by atoms with Crippen LogP contribution in [-0.2, 0) is 0 Å². The van der Waals surface area contributed by atoms with Crippen molar-refractivity contribution >= 4 is 12.1 Å². The largest absolute Gasteiger partial charge is 0.497 e. The molecule has 0 spiro atoms. The van der Waals surface area contributed by atoms with Gasteiger partial charge >= 0.3 is 0 Å². The Labute approximate surface area is 174 Å². The van der Waals surface area contributed by atoms with Crippen molar-refractivity contribution in [3.63, 3.8) is 0 Å². The Morgan fingerprint density at radius 2 is 1.63 bits per heavy atom. The summed E-state index contributed by atoms with van der Waals surface area (Å²) in [5, 5.41) is 8.87. The van der Waals surface area contributed by atoms with Crippen LogP contribution < -0.4 is 10.2 Å². The fourth-order valence-electron chi connectivity index (χ4n) is 2.98. The predicted octanol–water partition coefficient (Wildman–Crippen LogP) is 4.31. The number of nitrogens with zero attached hydrogens (tertiary/aromatic N) is 3. The van der Waals surface area contributed by atoms with Gasteiger partial charge in [-0.1, -0.05) is 48.5 Å². The van der Waals surface area contributed by atoms with Gasteiger partial charge in [0.2, 0.25) is 0 Å². The van der Waals surface area contributed by atoms with E-state index in [0.29, 0.717) is 11.3 Å². The van der Waals surface area contributed by atoms with Gasteiger partial charge in [0.05, 0.1) is 19.0 Å². The van der Waals surface area contributed by atoms with Crippen molar-refractivity contribution in [3.8, 4) is 22.7 Å². The number of benzene rings is 3. The molecule has 0 bridgehead atoms. The lowest BCUT2D eigenvalue weighted by molar-refractivity contribution is 0.0955. The zero-order chi connectivity index (χ0) is 20.8. The molecule has 6 nitrogen and oxygen atoms in total. The molecule has 0 aliphatic heterocycles. The van der Waals surface area contributed by atoms with Crippen LogP contribution in [0.3, 0.4) is 0 Å². The monoisotopic (exact) mass is 396 g/mol. The molecule has 0 saturated carbocycles. The summed E-state index contributed by atoms with van der Waals surface area (Å²) >= 11 is 0. The number of carbonyl (C=O) groups excluding carboxylic acids is 1. The average molecular weight is 396 g/mol. The summed E-state index contributed by atoms with van der Waals surface area (Å²) in [6.45, 7) is 0. The van der Waals surface area contributed by atoms with Gasteiger partial charge in [0.15, 0.2) is 0 Å². The molecule has 0 aliphatic carbocycles. The van der Waals surface area contributed by atoms with Gasteiger partial charge in [0.25, 0.3) is 5.91 Å². The van der Waals surface area contributed by atoms with Gasteiger partial charge in [-0.25, -0.2) is 10.1 Å². The smallest absolute Gasteiger partial charge is 0.271 e. The molecule has 1 heterocycles. The first-order valence-corrected chi connectivity index (χ1v) is 9.42. The minimum Gasteiger partial charge on any atom is -0.497 e. The summed E-state index contributed by atoms with van der Waals surface area (Å²) in [5.74, 6) is 0.390. The van der Waals surface area contributed by atoms with Crippen LogP contribution in [0.5, 0.6) is 5.75 Å². The van der Waals surface area contributed by atoms with Gasteiger partial charge in [0.1, 0.15) is 11.4 Å². The van der Waals surface area contributed by atoms with Crippen molar-refractivity contribution in [1.29, 1.82) is 0 Å². The average Bonchev–Trinajstić information content (AvgIpc) is 3.24. The van der Waals surface area contributed by atoms with Crippen molar-refractivity contribution in [2.24, 2.45) is 5.10 Å². The molecule has 0 atom stereocenters. The van der Waals surface area contributed by atoms with Crippen molar-refractivity contribution in [3.05, 3.63) is 102 Å². The lowest BCUT2D eigenvalue weighted by Crippen LogP contribution is -2.17. The van der Waals surface area contributed by atoms with E-state index < -0.39 is 0 Å². The fourth-order valence-corrected chi connectivity index (χ4v) is 2.98. The number of rotatable bonds is 6. The summed E-state index contributed by atoms with van der Waals surface area (Å²) < 4.78 is 6.91. The van der Waals surface area contributed by atoms with E-state index in [1.54, 1.807) is 42.3 Å². The zero-order valence-corrected chi connectivity index (χ0v) is 16.4. The maximum Gasteiger partial charge on any atom is 0.271 e. The SMILES string of the molecule is COc1ccc(C(=O)N/N=C\c2cn(-c3ccccc3)nc2-c2ccccc2)cc1. The minimum absolute atomic E-state index is 0.300. The van der Waals surface area contributed by atoms with Crippen LogP contribution in [0.4, 0.5) is 0 Å². The lowest BCUT2D eigenvalue weighted by atomic mass is 10.1. The number of carbonyl (C=O) groups is 1. The molecule has 148 valence electrons. The molecule has 1 aromatic heterocycles. The topological polar surface area (TPSA) is 68.5 Å². The number of hydrogen-bond donors (Lipinski definition) is 1. The quantitative estimate of drug-likeness (QED) is 0.390. The molecule has 4 rings (SSSR count). The van der Waals surface area contributed by atoms with Crippen LogP contribution in [0.25, 0.3) is 16.9 Å². The van der Waals surface area contributed by atoms with Crippen LogP contribution in [0.1, 0.15) is 15.9 Å². The molecule has 0 fully saturated rings. The second-order valence-electron chi connectivity index (χ2n) is 6.51. The fraction of sp³-hybridized carbons (Fsp3) is 0.0417. The number of aromatic nitrogens is 2. The molecule has 0 saturated heterocycles. The Bertz CT molecular complexity index is 1150. The number of hydrogen-bond acceptors (Lipinski definition) is 4. The maximum absolute atomic E-state index is 12.3. The van der Waals surface area contributed by atoms with E-state index in [4.69, 9.17) is 9.84 Å². The van der Waals surface area contributed by atoms with Crippen molar-refractivity contribution in [2.75, 3.05) is 7.11 Å². The second-order valence-corrected chi connectivity index (χ2v) is 6.51. The van der Waals surface area contributed by atoms with Gasteiger partial charge in [-0.2, -0.15) is 10.2 Å². The number of para-hydroxylation sites is 1. The van der Waals surface area contributed by atoms with E-state index in [-0.39, 0.29) is 5.91 Å². The number of ether oxygens (including phenoxy) is 1. The molecule has 1 amide bonds. The molecule has 0 radical (unpaired) electrons. The van der Waals surface area contributed by atoms with Gasteiger partial charge in [-0.15, -0.1) is 0 Å². The molecule has 30 heavy (non-hydrogen) atoms. The molecule has 0 unspecified atom stereocenters. The number of hydrazone groups is 1. The standard InChI is InChI=1S/C24H20N4O2/c1-30-22-14-12-19(13-15-22)24(29)26-25-16-20-17-28(21-10-6-3-7-11-21)27-23(20)18-8-4-2-5-9-18/h2-17H,1H3,(H,26,29)/b25-16-. The highest BCUT2D eigenvalue weighted by molar-refractivity contribution is 5.95. The van der Waals surface area contributed by atoms with Gasteiger partial charge in [-0.05, 0) is 36.4 Å². The first-order chi connectivity index (χ1) is 14.7. The summed E-state index contributed by atoms with van der Waals surface area (Å²) in [5.41, 5.74) is 6.54. The Morgan fingerprint density at radius 3 is 2.30 bits per heavy atom. The number of methoxy groups -OCH3 is 1. The van der Waals surface area contributed by atoms with E-state index >= 15 is 0 Å². The lowest BCUT2D eigenvalue weighted by Gasteiger charge is -2.02. The molecule has 4 aromatic rings. The van der Waals surface area contributed by atoms with Crippen LogP contribution in [-0.4, -0.2) is 29.0 Å². The zero-order valence-electron chi connectivity index (χ0n) is 16.4. The summed E-state index contributed by atoms with van der Waals surface area (Å²) in [4.78, 5) is 12.3. The maximum atomic E-state index is 12.3. The molecule has 0 aliphatic rings. The van der Waals surface area contributed by atoms with E-state index in [1.807, 2.05) is 66.9 Å². The van der Waals surface area contributed by atoms with E-state index in [9.17, 15) is 4.79 Å². The number of nitrogens with one attached hydrogen (secondary N) is 1. The molecular formula is C24H20N4O2. The molecule has 1 N–H and O–H groups in total. The van der Waals surface area contributed by atoms with Crippen LogP contribution in [0.2, 0.25) is 0 Å². The summed E-state index contributed by atoms with van der Waals surface area (Å²) in [6, 6.07) is 26.5. The van der Waals surface area contributed by atoms with Crippen LogP contribution >= 0.6 is 0 Å². The second kappa shape index (κ2) is 8.87. The third-order valence-corrected chi connectivity index (χ3v) is 4.53. The molecule has 6 heteroatoms. The Balaban J connectivity index is 1.59. The summed E-state index contributed by atoms with van der Waals surface area (Å²) in [6.07, 6.45) is 3.50. The van der Waals surface area contributed by atoms with Crippen molar-refractivity contribution in [1.82, 2.24) is 15.2 Å². The highest BCUT2D eigenvalue weighted by atomic mass is 16.5. The predicted molar refractivity (Wildman–Crippen MR) is 117 cm³/mol. The van der Waals surface area contributed by atoms with E-state index in [0.717, 1.165) is 22.5 Å². The Morgan fingerprint density at radius 1 is 0.967 bits per heavy atom.